The van der Waals surface area contributed by atoms with Crippen LogP contribution in [0.15, 0.2) is 0 Å². The molecule has 17 N–H and O–H groups in total. The normalized spacial score (nSPS) is 47.1. The Kier molecular flexibility index (Phi) is 19.1. The van der Waals surface area contributed by atoms with Crippen molar-refractivity contribution in [3.8, 4) is 0 Å². The molecule has 0 unspecified atom stereocenters. The van der Waals surface area contributed by atoms with Crippen LogP contribution < -0.4 is 16.0 Å². The molecule has 0 spiro atoms. The zero-order valence-electron chi connectivity index (χ0n) is 35.1. The van der Waals surface area contributed by atoms with Gasteiger partial charge in [0.25, 0.3) is 0 Å². The largest absolute Gasteiger partial charge is 0.394 e. The quantitative estimate of drug-likeness (QED) is 0.0683. The molecule has 0 aromatic heterocycles. The molecular weight excluding hydrogens is 890 g/mol. The molecule has 5 heterocycles. The van der Waals surface area contributed by atoms with Crippen molar-refractivity contribution in [1.29, 1.82) is 0 Å². The fourth-order valence-electron chi connectivity index (χ4n) is 8.04. The number of hydrogen-bond donors (Lipinski definition) is 17. The lowest BCUT2D eigenvalue weighted by Crippen LogP contribution is -2.69. The number of aliphatic hydroxyl groups is 14. The summed E-state index contributed by atoms with van der Waals surface area (Å²) in [5.41, 5.74) is 0. The SMILES string of the molecule is CC(=O)N[C@@H]1[C@@H](O[C@@H]2O[C@H](CO[C@@H]3O[C@H](CO)[C@@H](O)[C@H](O)[C@H]3NC(C)=O)[C@H](O)[C@H](O)[C@H]2O)[C@@H](O)[C@@H](CO[C@@H]2O[C@H](CO)[C@@H](O[C@@H]3O[C@H](CO)[C@H](O)[C@H](O)[C@H]3O)[C@H](O)[C@H]2NC(C)=O)O[C@@H]1O. The molecule has 376 valence electrons. The second-order valence-electron chi connectivity index (χ2n) is 16.2. The van der Waals surface area contributed by atoms with Gasteiger partial charge in [0, 0.05) is 20.8 Å². The third-order valence-electron chi connectivity index (χ3n) is 11.5. The highest BCUT2D eigenvalue weighted by molar-refractivity contribution is 5.74. The van der Waals surface area contributed by atoms with Gasteiger partial charge in [-0.15, -0.1) is 0 Å². The summed E-state index contributed by atoms with van der Waals surface area (Å²) < 4.78 is 50.9. The molecule has 65 heavy (non-hydrogen) atoms. The molecule has 25 atom stereocenters. The molecule has 5 aliphatic heterocycles. The number of amides is 3. The smallest absolute Gasteiger partial charge is 0.217 e. The first kappa shape index (κ1) is 53.4. The Morgan fingerprint density at radius 3 is 1.25 bits per heavy atom. The van der Waals surface area contributed by atoms with Gasteiger partial charge in [0.15, 0.2) is 31.5 Å². The first-order valence-electron chi connectivity index (χ1n) is 20.6. The lowest BCUT2D eigenvalue weighted by molar-refractivity contribution is -0.358. The van der Waals surface area contributed by atoms with E-state index in [9.17, 15) is 85.9 Å². The van der Waals surface area contributed by atoms with Crippen LogP contribution in [0, 0.1) is 0 Å². The highest BCUT2D eigenvalue weighted by atomic mass is 16.8. The lowest BCUT2D eigenvalue weighted by atomic mass is 9.94. The Morgan fingerprint density at radius 2 is 0.769 bits per heavy atom. The Morgan fingerprint density at radius 1 is 0.400 bits per heavy atom. The number of rotatable bonds is 16. The number of carbonyl (C=O) groups excluding carboxylic acids is 3. The van der Waals surface area contributed by atoms with Crippen molar-refractivity contribution in [2.75, 3.05) is 33.0 Å². The molecule has 0 aromatic carbocycles. The summed E-state index contributed by atoms with van der Waals surface area (Å²) in [4.78, 5) is 36.4. The Balaban J connectivity index is 1.31. The number of ether oxygens (including phenoxy) is 9. The summed E-state index contributed by atoms with van der Waals surface area (Å²) in [5, 5.41) is 155. The maximum absolute atomic E-state index is 12.3. The highest BCUT2D eigenvalue weighted by Gasteiger charge is 2.55. The second kappa shape index (κ2) is 23.2. The summed E-state index contributed by atoms with van der Waals surface area (Å²) in [6.45, 7) is -0.819. The topological polar surface area (TPSA) is 454 Å². The van der Waals surface area contributed by atoms with Crippen molar-refractivity contribution in [1.82, 2.24) is 16.0 Å². The third-order valence-corrected chi connectivity index (χ3v) is 11.5. The van der Waals surface area contributed by atoms with Gasteiger partial charge >= 0.3 is 0 Å². The summed E-state index contributed by atoms with van der Waals surface area (Å²) in [6.07, 6.45) is -39.0. The van der Waals surface area contributed by atoms with Crippen molar-refractivity contribution >= 4 is 17.7 Å². The van der Waals surface area contributed by atoms with Gasteiger partial charge in [-0.05, 0) is 0 Å². The predicted molar refractivity (Wildman–Crippen MR) is 201 cm³/mol. The van der Waals surface area contributed by atoms with E-state index in [2.05, 4.69) is 16.0 Å². The number of carbonyl (C=O) groups is 3. The van der Waals surface area contributed by atoms with Crippen LogP contribution in [0.25, 0.3) is 0 Å². The molecule has 29 heteroatoms. The maximum Gasteiger partial charge on any atom is 0.217 e. The molecule has 3 amide bonds. The van der Waals surface area contributed by atoms with Crippen LogP contribution in [0.2, 0.25) is 0 Å². The van der Waals surface area contributed by atoms with Gasteiger partial charge < -0.3 is 130 Å². The molecule has 29 nitrogen and oxygen atoms in total. The summed E-state index contributed by atoms with van der Waals surface area (Å²) in [7, 11) is 0. The minimum Gasteiger partial charge on any atom is -0.394 e. The zero-order chi connectivity index (χ0) is 48.2. The number of nitrogens with one attached hydrogen (secondary N) is 3. The van der Waals surface area contributed by atoms with E-state index >= 15 is 0 Å². The van der Waals surface area contributed by atoms with Gasteiger partial charge in [-0.2, -0.15) is 0 Å². The van der Waals surface area contributed by atoms with E-state index in [1.807, 2.05) is 0 Å². The van der Waals surface area contributed by atoms with Gasteiger partial charge in [-0.3, -0.25) is 14.4 Å². The summed E-state index contributed by atoms with van der Waals surface area (Å²) in [5.74, 6) is -2.19. The summed E-state index contributed by atoms with van der Waals surface area (Å²) >= 11 is 0. The second-order valence-corrected chi connectivity index (χ2v) is 16.2. The van der Waals surface area contributed by atoms with E-state index in [1.165, 1.54) is 0 Å². The maximum atomic E-state index is 12.3. The van der Waals surface area contributed by atoms with Crippen LogP contribution in [0.4, 0.5) is 0 Å². The molecule has 0 bridgehead atoms. The van der Waals surface area contributed by atoms with Crippen LogP contribution in [0.1, 0.15) is 20.8 Å². The Labute approximate surface area is 369 Å². The minimum absolute atomic E-state index is 0.671. The van der Waals surface area contributed by atoms with Gasteiger partial charge in [-0.25, -0.2) is 0 Å². The van der Waals surface area contributed by atoms with Gasteiger partial charge in [0.2, 0.25) is 17.7 Å². The van der Waals surface area contributed by atoms with Gasteiger partial charge in [0.1, 0.15) is 122 Å². The first-order chi connectivity index (χ1) is 30.6. The molecule has 0 aromatic rings. The minimum atomic E-state index is -2.08. The standard InChI is InChI=1S/C36H61N3O26/c1-9(43)37-17-24(50)20(46)12(4-40)60-33(17)57-7-15-22(48)27(53)29(55)36(63-15)65-31-19(39-11(3)45)32(56)59-16(23(31)49)8-58-34-18(38-10(2)44)25(51)30(14(6-42)62-34)64-35-28(54)26(52)21(47)13(5-41)61-35/h12-36,40-42,46-56H,4-8H2,1-3H3,(H,37,43)(H,38,44)(H,39,45)/t12-,13-,14-,15-,16-,17-,18-,19-,20-,21+,22+,23+,24-,25-,26+,27+,28-,29-,30-,31-,32+,33-,34-,35+,36+/m1/s1. The monoisotopic (exact) mass is 951 g/mol. The van der Waals surface area contributed by atoms with Crippen molar-refractivity contribution in [2.24, 2.45) is 0 Å². The van der Waals surface area contributed by atoms with E-state index in [0.717, 1.165) is 20.8 Å². The number of aliphatic hydroxyl groups excluding tert-OH is 14. The molecule has 5 aliphatic rings. The van der Waals surface area contributed by atoms with Crippen LogP contribution >= 0.6 is 0 Å². The molecule has 0 saturated carbocycles. The molecule has 5 fully saturated rings. The van der Waals surface area contributed by atoms with Crippen LogP contribution in [0.3, 0.4) is 0 Å². The molecular formula is C36H61N3O26. The van der Waals surface area contributed by atoms with Crippen molar-refractivity contribution in [3.63, 3.8) is 0 Å². The average Bonchev–Trinajstić information content (AvgIpc) is 3.25. The molecule has 0 radical (unpaired) electrons. The van der Waals surface area contributed by atoms with E-state index in [-0.39, 0.29) is 0 Å². The van der Waals surface area contributed by atoms with Crippen LogP contribution in [0.5, 0.6) is 0 Å². The molecule has 0 aliphatic carbocycles. The molecule has 5 saturated heterocycles. The van der Waals surface area contributed by atoms with Crippen LogP contribution in [-0.2, 0) is 57.0 Å². The van der Waals surface area contributed by atoms with E-state index in [4.69, 9.17) is 42.6 Å². The van der Waals surface area contributed by atoms with Crippen molar-refractivity contribution in [3.05, 3.63) is 0 Å². The molecule has 5 rings (SSSR count). The average molecular weight is 952 g/mol. The van der Waals surface area contributed by atoms with Crippen LogP contribution in [-0.4, -0.2) is 276 Å². The highest BCUT2D eigenvalue weighted by Crippen LogP contribution is 2.33. The van der Waals surface area contributed by atoms with Gasteiger partial charge in [-0.1, -0.05) is 0 Å². The Bertz CT molecular complexity index is 1560. The Hall–Kier alpha value is -2.51. The summed E-state index contributed by atoms with van der Waals surface area (Å²) in [6, 6.07) is -4.62. The van der Waals surface area contributed by atoms with Gasteiger partial charge in [0.05, 0.1) is 33.0 Å². The van der Waals surface area contributed by atoms with Crippen molar-refractivity contribution < 1.29 is 129 Å². The third kappa shape index (κ3) is 12.2. The fourth-order valence-corrected chi connectivity index (χ4v) is 8.04. The van der Waals surface area contributed by atoms with E-state index in [1.54, 1.807) is 0 Å². The predicted octanol–water partition coefficient (Wildman–Crippen LogP) is -11.5. The first-order valence-corrected chi connectivity index (χ1v) is 20.6. The van der Waals surface area contributed by atoms with Crippen molar-refractivity contribution in [2.45, 2.75) is 174 Å². The number of hydrogen-bond acceptors (Lipinski definition) is 26. The lowest BCUT2D eigenvalue weighted by Gasteiger charge is -2.48. The fraction of sp³-hybridized carbons (Fsp3) is 0.917. The van der Waals surface area contributed by atoms with E-state index in [0.29, 0.717) is 0 Å². The van der Waals surface area contributed by atoms with E-state index < -0.39 is 204 Å². The zero-order valence-corrected chi connectivity index (χ0v) is 35.1.